The number of amides is 1. The van der Waals surface area contributed by atoms with Crippen LogP contribution in [0.2, 0.25) is 0 Å². The molecule has 0 aliphatic carbocycles. The number of halogens is 3. The minimum absolute atomic E-state index is 0.00627. The topological polar surface area (TPSA) is 58.1 Å². The van der Waals surface area contributed by atoms with Gasteiger partial charge in [0.05, 0.1) is 0 Å². The summed E-state index contributed by atoms with van der Waals surface area (Å²) >= 11 is 0. The Balaban J connectivity index is 1.79. The second-order valence-electron chi connectivity index (χ2n) is 5.17. The summed E-state index contributed by atoms with van der Waals surface area (Å²) in [6.45, 7) is 1.75. The highest BCUT2D eigenvalue weighted by Gasteiger charge is 2.39. The van der Waals surface area contributed by atoms with Gasteiger partial charge in [0.1, 0.15) is 5.82 Å². The lowest BCUT2D eigenvalue weighted by atomic mass is 9.89. The molecule has 5 nitrogen and oxygen atoms in total. The molecule has 1 N–H and O–H groups in total. The summed E-state index contributed by atoms with van der Waals surface area (Å²) in [5.74, 6) is -0.384. The average Bonchev–Trinajstić information content (AvgIpc) is 2.81. The van der Waals surface area contributed by atoms with Crippen LogP contribution in [-0.2, 0) is 11.0 Å². The standard InChI is InChI=1S/C12H13F3N4O/c13-12(14,15)11-16-2-1-9(18-11)19-5-7-3-10(20)17-4-8(7)6-19/h1-2,7-8H,3-6H2,(H,17,20)/t7-,8+/m1/s1. The predicted molar refractivity (Wildman–Crippen MR) is 63.9 cm³/mol. The third-order valence-electron chi connectivity index (χ3n) is 3.80. The van der Waals surface area contributed by atoms with Crippen LogP contribution in [0.25, 0.3) is 0 Å². The van der Waals surface area contributed by atoms with E-state index in [9.17, 15) is 18.0 Å². The quantitative estimate of drug-likeness (QED) is 0.839. The maximum Gasteiger partial charge on any atom is 0.451 e. The summed E-state index contributed by atoms with van der Waals surface area (Å²) in [6.07, 6.45) is -2.99. The van der Waals surface area contributed by atoms with Crippen molar-refractivity contribution in [1.82, 2.24) is 15.3 Å². The molecule has 2 atom stereocenters. The molecule has 20 heavy (non-hydrogen) atoms. The normalized spacial score (nSPS) is 26.4. The van der Waals surface area contributed by atoms with E-state index in [0.29, 0.717) is 26.1 Å². The summed E-state index contributed by atoms with van der Waals surface area (Å²) in [6, 6.07) is 1.47. The molecule has 1 amide bonds. The predicted octanol–water partition coefficient (Wildman–Crippen LogP) is 1.07. The van der Waals surface area contributed by atoms with Crippen molar-refractivity contribution in [1.29, 1.82) is 0 Å². The summed E-state index contributed by atoms with van der Waals surface area (Å²) in [4.78, 5) is 20.0. The molecule has 0 radical (unpaired) electrons. The van der Waals surface area contributed by atoms with E-state index in [2.05, 4.69) is 15.3 Å². The lowest BCUT2D eigenvalue weighted by Gasteiger charge is -2.23. The summed E-state index contributed by atoms with van der Waals surface area (Å²) in [5, 5.41) is 2.78. The minimum atomic E-state index is -4.54. The number of carbonyl (C=O) groups is 1. The van der Waals surface area contributed by atoms with Crippen molar-refractivity contribution in [3.63, 3.8) is 0 Å². The Morgan fingerprint density at radius 2 is 2.05 bits per heavy atom. The number of aromatic nitrogens is 2. The Morgan fingerprint density at radius 1 is 1.30 bits per heavy atom. The molecule has 108 valence electrons. The highest BCUT2D eigenvalue weighted by atomic mass is 19.4. The lowest BCUT2D eigenvalue weighted by molar-refractivity contribution is -0.144. The van der Waals surface area contributed by atoms with Gasteiger partial charge in [0.25, 0.3) is 0 Å². The van der Waals surface area contributed by atoms with Gasteiger partial charge >= 0.3 is 6.18 Å². The van der Waals surface area contributed by atoms with Crippen molar-refractivity contribution in [3.05, 3.63) is 18.1 Å². The van der Waals surface area contributed by atoms with Gasteiger partial charge in [0, 0.05) is 32.3 Å². The number of piperidine rings is 1. The fourth-order valence-electron chi connectivity index (χ4n) is 2.81. The van der Waals surface area contributed by atoms with Crippen LogP contribution < -0.4 is 10.2 Å². The number of nitrogens with one attached hydrogen (secondary N) is 1. The van der Waals surface area contributed by atoms with E-state index in [0.717, 1.165) is 6.20 Å². The number of rotatable bonds is 1. The van der Waals surface area contributed by atoms with Crippen LogP contribution >= 0.6 is 0 Å². The molecule has 2 fully saturated rings. The maximum atomic E-state index is 12.6. The van der Waals surface area contributed by atoms with Gasteiger partial charge in [0.15, 0.2) is 0 Å². The number of hydrogen-bond acceptors (Lipinski definition) is 4. The first-order valence-electron chi connectivity index (χ1n) is 6.35. The molecule has 0 saturated carbocycles. The summed E-state index contributed by atoms with van der Waals surface area (Å²) < 4.78 is 37.8. The zero-order valence-electron chi connectivity index (χ0n) is 10.5. The fraction of sp³-hybridized carbons (Fsp3) is 0.583. The molecule has 0 aromatic carbocycles. The molecule has 2 aliphatic rings. The molecule has 2 aliphatic heterocycles. The van der Waals surface area contributed by atoms with Crippen LogP contribution in [-0.4, -0.2) is 35.5 Å². The SMILES string of the molecule is O=C1C[C@@H]2CN(c3ccnc(C(F)(F)F)n3)C[C@@H]2CN1. The molecule has 0 spiro atoms. The van der Waals surface area contributed by atoms with E-state index in [1.165, 1.54) is 6.07 Å². The molecule has 1 aromatic rings. The van der Waals surface area contributed by atoms with Gasteiger partial charge in [-0.3, -0.25) is 4.79 Å². The zero-order chi connectivity index (χ0) is 14.3. The Morgan fingerprint density at radius 3 is 2.80 bits per heavy atom. The number of fused-ring (bicyclic) bond motifs is 1. The van der Waals surface area contributed by atoms with Crippen LogP contribution in [0.1, 0.15) is 12.2 Å². The van der Waals surface area contributed by atoms with E-state index >= 15 is 0 Å². The van der Waals surface area contributed by atoms with Crippen molar-refractivity contribution in [2.75, 3.05) is 24.5 Å². The third-order valence-corrected chi connectivity index (χ3v) is 3.80. The molecule has 1 aromatic heterocycles. The first-order valence-corrected chi connectivity index (χ1v) is 6.35. The van der Waals surface area contributed by atoms with Gasteiger partial charge in [-0.25, -0.2) is 9.97 Å². The van der Waals surface area contributed by atoms with E-state index in [1.807, 2.05) is 0 Å². The van der Waals surface area contributed by atoms with Gasteiger partial charge in [0.2, 0.25) is 11.7 Å². The number of nitrogens with zero attached hydrogens (tertiary/aromatic N) is 3. The Hall–Kier alpha value is -1.86. The number of alkyl halides is 3. The highest BCUT2D eigenvalue weighted by molar-refractivity contribution is 5.77. The van der Waals surface area contributed by atoms with E-state index in [4.69, 9.17) is 0 Å². The number of hydrogen-bond donors (Lipinski definition) is 1. The van der Waals surface area contributed by atoms with Crippen molar-refractivity contribution in [2.24, 2.45) is 11.8 Å². The molecule has 0 bridgehead atoms. The van der Waals surface area contributed by atoms with E-state index in [-0.39, 0.29) is 23.6 Å². The van der Waals surface area contributed by atoms with Gasteiger partial charge < -0.3 is 10.2 Å². The first-order chi connectivity index (χ1) is 9.43. The van der Waals surface area contributed by atoms with Crippen LogP contribution in [0, 0.1) is 11.8 Å². The zero-order valence-corrected chi connectivity index (χ0v) is 10.5. The average molecular weight is 286 g/mol. The molecule has 3 heterocycles. The van der Waals surface area contributed by atoms with Gasteiger partial charge in [-0.05, 0) is 17.9 Å². The summed E-state index contributed by atoms with van der Waals surface area (Å²) in [5.41, 5.74) is 0. The molecule has 8 heteroatoms. The van der Waals surface area contributed by atoms with Gasteiger partial charge in [-0.2, -0.15) is 13.2 Å². The van der Waals surface area contributed by atoms with Crippen LogP contribution in [0.3, 0.4) is 0 Å². The maximum absolute atomic E-state index is 12.6. The van der Waals surface area contributed by atoms with Crippen molar-refractivity contribution in [2.45, 2.75) is 12.6 Å². The Labute approximate surface area is 113 Å². The smallest absolute Gasteiger partial charge is 0.356 e. The fourth-order valence-corrected chi connectivity index (χ4v) is 2.81. The monoisotopic (exact) mass is 286 g/mol. The Bertz CT molecular complexity index is 534. The van der Waals surface area contributed by atoms with Crippen LogP contribution in [0.5, 0.6) is 0 Å². The van der Waals surface area contributed by atoms with Crippen molar-refractivity contribution >= 4 is 11.7 Å². The van der Waals surface area contributed by atoms with E-state index in [1.54, 1.807) is 4.90 Å². The van der Waals surface area contributed by atoms with Gasteiger partial charge in [-0.1, -0.05) is 0 Å². The molecule has 2 saturated heterocycles. The van der Waals surface area contributed by atoms with Crippen LogP contribution in [0.4, 0.5) is 19.0 Å². The second kappa shape index (κ2) is 4.60. The molecule has 0 unspecified atom stereocenters. The molecular weight excluding hydrogens is 273 g/mol. The molecular formula is C12H13F3N4O. The largest absolute Gasteiger partial charge is 0.451 e. The molecule has 3 rings (SSSR count). The lowest BCUT2D eigenvalue weighted by Crippen LogP contribution is -2.39. The number of carbonyl (C=O) groups excluding carboxylic acids is 1. The minimum Gasteiger partial charge on any atom is -0.356 e. The van der Waals surface area contributed by atoms with Crippen LogP contribution in [0.15, 0.2) is 12.3 Å². The van der Waals surface area contributed by atoms with E-state index < -0.39 is 12.0 Å². The van der Waals surface area contributed by atoms with Crippen molar-refractivity contribution < 1.29 is 18.0 Å². The Kier molecular flexibility index (Phi) is 3.02. The third kappa shape index (κ3) is 2.41. The first kappa shape index (κ1) is 13.1. The summed E-state index contributed by atoms with van der Waals surface area (Å²) in [7, 11) is 0. The van der Waals surface area contributed by atoms with Crippen molar-refractivity contribution in [3.8, 4) is 0 Å². The highest BCUT2D eigenvalue weighted by Crippen LogP contribution is 2.32. The second-order valence-corrected chi connectivity index (χ2v) is 5.17. The number of anilines is 1. The van der Waals surface area contributed by atoms with Gasteiger partial charge in [-0.15, -0.1) is 0 Å².